The molecule has 35 heavy (non-hydrogen) atoms. The summed E-state index contributed by atoms with van der Waals surface area (Å²) in [7, 11) is 0. The lowest BCUT2D eigenvalue weighted by atomic mass is 10.1. The molecule has 3 aromatic rings. The number of carbonyl (C=O) groups excluding carboxylic acids is 2. The highest BCUT2D eigenvalue weighted by Crippen LogP contribution is 2.38. The summed E-state index contributed by atoms with van der Waals surface area (Å²) in [6, 6.07) is 9.08. The maximum Gasteiger partial charge on any atom is 0.418 e. The van der Waals surface area contributed by atoms with Gasteiger partial charge in [-0.2, -0.15) is 13.2 Å². The molecule has 4 N–H and O–H groups in total. The number of aromatic nitrogens is 2. The van der Waals surface area contributed by atoms with E-state index in [1.54, 1.807) is 6.07 Å². The van der Waals surface area contributed by atoms with E-state index in [1.807, 2.05) is 0 Å². The van der Waals surface area contributed by atoms with Gasteiger partial charge in [-0.25, -0.2) is 0 Å². The Morgan fingerprint density at radius 2 is 1.89 bits per heavy atom. The lowest BCUT2D eigenvalue weighted by Gasteiger charge is -2.17. The molecule has 1 aliphatic carbocycles. The van der Waals surface area contributed by atoms with Crippen LogP contribution in [0.2, 0.25) is 5.02 Å². The number of anilines is 2. The van der Waals surface area contributed by atoms with Crippen LogP contribution in [-0.4, -0.2) is 27.3 Å². The highest BCUT2D eigenvalue weighted by molar-refractivity contribution is 6.30. The van der Waals surface area contributed by atoms with E-state index in [0.29, 0.717) is 24.2 Å². The van der Waals surface area contributed by atoms with Gasteiger partial charge in [0.05, 0.1) is 35.4 Å². The predicted molar refractivity (Wildman–Crippen MR) is 122 cm³/mol. The standard InChI is InChI=1S/C23H19ClF3N5O3/c24-14-1-4-18(17(10-14)23(25,26)27)31-16-3-2-15(29-12-16)11-30-21(35)22(6-7-22)32-20(34)13-5-8-28-19(33)9-13/h1-5,8-10,12,31H,6-7,11H2,(H,28,33)(H,30,35)(H,32,34). The zero-order valence-electron chi connectivity index (χ0n) is 18.0. The second kappa shape index (κ2) is 9.41. The SMILES string of the molecule is O=C(NC1(C(=O)NCc2ccc(Nc3ccc(Cl)cc3C(F)(F)F)cn2)CC1)c1cc[nH]c(=O)c1. The summed E-state index contributed by atoms with van der Waals surface area (Å²) in [5, 5.41) is 8.02. The van der Waals surface area contributed by atoms with Gasteiger partial charge in [0.2, 0.25) is 11.5 Å². The number of amides is 2. The number of nitrogens with zero attached hydrogens (tertiary/aromatic N) is 1. The fourth-order valence-electron chi connectivity index (χ4n) is 3.37. The molecule has 8 nitrogen and oxygen atoms in total. The smallest absolute Gasteiger partial charge is 0.354 e. The van der Waals surface area contributed by atoms with Crippen LogP contribution < -0.4 is 21.5 Å². The van der Waals surface area contributed by atoms with Crippen LogP contribution in [0.5, 0.6) is 0 Å². The zero-order valence-corrected chi connectivity index (χ0v) is 18.8. The predicted octanol–water partition coefficient (Wildman–Crippen LogP) is 3.76. The molecule has 12 heteroatoms. The number of alkyl halides is 3. The molecule has 0 unspecified atom stereocenters. The van der Waals surface area contributed by atoms with Gasteiger partial charge in [-0.3, -0.25) is 19.4 Å². The topological polar surface area (TPSA) is 116 Å². The normalized spacial score (nSPS) is 14.2. The molecule has 0 atom stereocenters. The van der Waals surface area contributed by atoms with E-state index in [2.05, 4.69) is 25.9 Å². The number of hydrogen-bond donors (Lipinski definition) is 4. The van der Waals surface area contributed by atoms with E-state index in [9.17, 15) is 27.6 Å². The second-order valence-corrected chi connectivity index (χ2v) is 8.45. The summed E-state index contributed by atoms with van der Waals surface area (Å²) in [5.41, 5.74) is -1.63. The van der Waals surface area contributed by atoms with Gasteiger partial charge in [0.25, 0.3) is 5.91 Å². The summed E-state index contributed by atoms with van der Waals surface area (Å²) in [6.07, 6.45) is -0.996. The van der Waals surface area contributed by atoms with Crippen molar-refractivity contribution in [3.8, 4) is 0 Å². The van der Waals surface area contributed by atoms with Crippen LogP contribution in [0.15, 0.2) is 59.7 Å². The van der Waals surface area contributed by atoms with Crippen LogP contribution in [0.3, 0.4) is 0 Å². The summed E-state index contributed by atoms with van der Waals surface area (Å²) in [5.74, 6) is -0.923. The highest BCUT2D eigenvalue weighted by atomic mass is 35.5. The van der Waals surface area contributed by atoms with Crippen molar-refractivity contribution in [1.82, 2.24) is 20.6 Å². The Kier molecular flexibility index (Phi) is 6.53. The molecule has 182 valence electrons. The van der Waals surface area contributed by atoms with Gasteiger partial charge >= 0.3 is 6.18 Å². The minimum atomic E-state index is -4.59. The van der Waals surface area contributed by atoms with Crippen molar-refractivity contribution in [1.29, 1.82) is 0 Å². The summed E-state index contributed by atoms with van der Waals surface area (Å²) in [6.45, 7) is 0.0521. The number of halogens is 4. The lowest BCUT2D eigenvalue weighted by Crippen LogP contribution is -2.49. The molecule has 0 radical (unpaired) electrons. The molecule has 0 saturated heterocycles. The fraction of sp³-hybridized carbons (Fsp3) is 0.217. The van der Waals surface area contributed by atoms with E-state index in [-0.39, 0.29) is 22.8 Å². The molecule has 0 bridgehead atoms. The van der Waals surface area contributed by atoms with Crippen LogP contribution in [-0.2, 0) is 17.5 Å². The monoisotopic (exact) mass is 505 g/mol. The molecule has 2 heterocycles. The van der Waals surface area contributed by atoms with E-state index < -0.39 is 34.7 Å². The molecule has 1 aliphatic rings. The van der Waals surface area contributed by atoms with Crippen molar-refractivity contribution < 1.29 is 22.8 Å². The summed E-state index contributed by atoms with van der Waals surface area (Å²) < 4.78 is 39.8. The third-order valence-electron chi connectivity index (χ3n) is 5.40. The van der Waals surface area contributed by atoms with Crippen LogP contribution in [0.4, 0.5) is 24.5 Å². The Balaban J connectivity index is 1.35. The minimum Gasteiger partial charge on any atom is -0.354 e. The Labute approximate surface area is 201 Å². The lowest BCUT2D eigenvalue weighted by molar-refractivity contribution is -0.137. The van der Waals surface area contributed by atoms with Crippen LogP contribution in [0.1, 0.15) is 34.5 Å². The molecule has 1 aromatic carbocycles. The van der Waals surface area contributed by atoms with Gasteiger partial charge in [-0.1, -0.05) is 11.6 Å². The number of hydrogen-bond acceptors (Lipinski definition) is 5. The van der Waals surface area contributed by atoms with Gasteiger partial charge in [0.15, 0.2) is 0 Å². The van der Waals surface area contributed by atoms with Gasteiger partial charge in [-0.15, -0.1) is 0 Å². The molecular formula is C23H19ClF3N5O3. The van der Waals surface area contributed by atoms with Crippen molar-refractivity contribution in [2.75, 3.05) is 5.32 Å². The van der Waals surface area contributed by atoms with Crippen molar-refractivity contribution in [3.63, 3.8) is 0 Å². The molecule has 0 aliphatic heterocycles. The molecule has 4 rings (SSSR count). The minimum absolute atomic E-state index is 0.0332. The maximum absolute atomic E-state index is 13.3. The van der Waals surface area contributed by atoms with E-state index in [1.165, 1.54) is 36.7 Å². The number of benzene rings is 1. The first-order chi connectivity index (χ1) is 16.6. The Hall–Kier alpha value is -3.86. The van der Waals surface area contributed by atoms with E-state index >= 15 is 0 Å². The van der Waals surface area contributed by atoms with Gasteiger partial charge in [0.1, 0.15) is 5.54 Å². The molecular weight excluding hydrogens is 487 g/mol. The largest absolute Gasteiger partial charge is 0.418 e. The maximum atomic E-state index is 13.3. The van der Waals surface area contributed by atoms with E-state index in [4.69, 9.17) is 11.6 Å². The third-order valence-corrected chi connectivity index (χ3v) is 5.63. The molecule has 2 aromatic heterocycles. The van der Waals surface area contributed by atoms with Gasteiger partial charge < -0.3 is 20.9 Å². The van der Waals surface area contributed by atoms with Crippen molar-refractivity contribution in [2.24, 2.45) is 0 Å². The number of rotatable bonds is 7. The second-order valence-electron chi connectivity index (χ2n) is 8.01. The summed E-state index contributed by atoms with van der Waals surface area (Å²) >= 11 is 5.70. The average molecular weight is 506 g/mol. The first-order valence-electron chi connectivity index (χ1n) is 10.4. The van der Waals surface area contributed by atoms with Crippen LogP contribution in [0, 0.1) is 0 Å². The molecule has 0 spiro atoms. The van der Waals surface area contributed by atoms with Crippen molar-refractivity contribution >= 4 is 34.8 Å². The third kappa shape index (κ3) is 5.80. The Morgan fingerprint density at radius 1 is 1.11 bits per heavy atom. The number of H-pyrrole nitrogens is 1. The Bertz CT molecular complexity index is 1320. The number of nitrogens with one attached hydrogen (secondary N) is 4. The first kappa shape index (κ1) is 24.3. The number of carbonyl (C=O) groups is 2. The fourth-order valence-corrected chi connectivity index (χ4v) is 3.54. The van der Waals surface area contributed by atoms with Gasteiger partial charge in [-0.05, 0) is 49.2 Å². The van der Waals surface area contributed by atoms with Crippen LogP contribution in [0.25, 0.3) is 0 Å². The highest BCUT2D eigenvalue weighted by Gasteiger charge is 2.51. The van der Waals surface area contributed by atoms with Crippen molar-refractivity contribution in [2.45, 2.75) is 31.1 Å². The van der Waals surface area contributed by atoms with E-state index in [0.717, 1.165) is 12.1 Å². The molecule has 1 saturated carbocycles. The number of pyridine rings is 2. The number of aromatic amines is 1. The Morgan fingerprint density at radius 3 is 2.51 bits per heavy atom. The zero-order chi connectivity index (χ0) is 25.2. The summed E-state index contributed by atoms with van der Waals surface area (Å²) in [4.78, 5) is 43.0. The van der Waals surface area contributed by atoms with Gasteiger partial charge in [0, 0.05) is 22.8 Å². The van der Waals surface area contributed by atoms with Crippen LogP contribution >= 0.6 is 11.6 Å². The average Bonchev–Trinajstić information content (AvgIpc) is 3.59. The van der Waals surface area contributed by atoms with Crippen molar-refractivity contribution in [3.05, 3.63) is 87.1 Å². The quantitative estimate of drug-likeness (QED) is 0.390. The first-order valence-corrected chi connectivity index (χ1v) is 10.8. The molecule has 2 amide bonds. The molecule has 1 fully saturated rings.